The Labute approximate surface area is 90.9 Å². The third-order valence-corrected chi connectivity index (χ3v) is 2.90. The second-order valence-corrected chi connectivity index (χ2v) is 3.87. The van der Waals surface area contributed by atoms with E-state index < -0.39 is 12.0 Å². The second kappa shape index (κ2) is 3.79. The zero-order chi connectivity index (χ0) is 11.0. The van der Waals surface area contributed by atoms with E-state index >= 15 is 0 Å². The highest BCUT2D eigenvalue weighted by molar-refractivity contribution is 6.31. The lowest BCUT2D eigenvalue weighted by Gasteiger charge is -2.24. The third-order valence-electron chi connectivity index (χ3n) is 2.55. The maximum atomic E-state index is 13.3. The molecule has 1 heterocycles. The number of rotatable bonds is 1. The van der Waals surface area contributed by atoms with Crippen LogP contribution in [0, 0.1) is 5.82 Å². The van der Waals surface area contributed by atoms with Crippen molar-refractivity contribution in [2.24, 2.45) is 0 Å². The van der Waals surface area contributed by atoms with Crippen molar-refractivity contribution >= 4 is 17.6 Å². The number of hydrogen-bond donors (Lipinski definition) is 2. The summed E-state index contributed by atoms with van der Waals surface area (Å²) in [6.07, 6.45) is 0.223. The van der Waals surface area contributed by atoms with Crippen LogP contribution in [0.2, 0.25) is 5.02 Å². The van der Waals surface area contributed by atoms with Crippen LogP contribution in [-0.4, -0.2) is 17.1 Å². The SMILES string of the molecule is O=C(O)C1Cc2c(Cl)ccc(F)c2CN1. The lowest BCUT2D eigenvalue weighted by Crippen LogP contribution is -2.42. The molecule has 1 aliphatic heterocycles. The number of carboxylic acids is 1. The first-order valence-electron chi connectivity index (χ1n) is 4.51. The first-order chi connectivity index (χ1) is 7.09. The highest BCUT2D eigenvalue weighted by Gasteiger charge is 2.26. The van der Waals surface area contributed by atoms with Gasteiger partial charge in [-0.25, -0.2) is 4.39 Å². The van der Waals surface area contributed by atoms with E-state index in [2.05, 4.69) is 5.32 Å². The van der Waals surface area contributed by atoms with Gasteiger partial charge in [-0.2, -0.15) is 0 Å². The van der Waals surface area contributed by atoms with Gasteiger partial charge in [-0.05, 0) is 17.7 Å². The van der Waals surface area contributed by atoms with Crippen molar-refractivity contribution in [3.63, 3.8) is 0 Å². The van der Waals surface area contributed by atoms with Crippen LogP contribution in [0.25, 0.3) is 0 Å². The van der Waals surface area contributed by atoms with Gasteiger partial charge in [-0.1, -0.05) is 11.6 Å². The minimum absolute atomic E-state index is 0.207. The Hall–Kier alpha value is -1.13. The van der Waals surface area contributed by atoms with Crippen molar-refractivity contribution in [1.29, 1.82) is 0 Å². The summed E-state index contributed by atoms with van der Waals surface area (Å²) in [6, 6.07) is 2.07. The zero-order valence-corrected chi connectivity index (χ0v) is 8.51. The van der Waals surface area contributed by atoms with Crippen molar-refractivity contribution in [2.75, 3.05) is 0 Å². The molecule has 0 spiro atoms. The molecule has 80 valence electrons. The Balaban J connectivity index is 2.41. The molecule has 0 aromatic heterocycles. The van der Waals surface area contributed by atoms with Crippen LogP contribution >= 0.6 is 11.6 Å². The van der Waals surface area contributed by atoms with Crippen LogP contribution in [-0.2, 0) is 17.8 Å². The predicted molar refractivity (Wildman–Crippen MR) is 53.4 cm³/mol. The van der Waals surface area contributed by atoms with E-state index in [0.29, 0.717) is 16.1 Å². The molecule has 0 saturated carbocycles. The molecule has 5 heteroatoms. The molecular formula is C10H9ClFNO2. The van der Waals surface area contributed by atoms with Crippen LogP contribution in [0.5, 0.6) is 0 Å². The van der Waals surface area contributed by atoms with Gasteiger partial charge in [-0.3, -0.25) is 10.1 Å². The smallest absolute Gasteiger partial charge is 0.321 e. The van der Waals surface area contributed by atoms with Crippen molar-refractivity contribution < 1.29 is 14.3 Å². The average Bonchev–Trinajstić information content (AvgIpc) is 2.23. The molecule has 0 saturated heterocycles. The molecule has 2 rings (SSSR count). The van der Waals surface area contributed by atoms with E-state index in [-0.39, 0.29) is 18.8 Å². The van der Waals surface area contributed by atoms with Gasteiger partial charge in [0, 0.05) is 23.6 Å². The lowest BCUT2D eigenvalue weighted by molar-refractivity contribution is -0.139. The summed E-state index contributed by atoms with van der Waals surface area (Å²) >= 11 is 5.90. The normalized spacial score (nSPS) is 19.7. The molecular weight excluding hydrogens is 221 g/mol. The minimum Gasteiger partial charge on any atom is -0.480 e. The fraction of sp³-hybridized carbons (Fsp3) is 0.300. The average molecular weight is 230 g/mol. The van der Waals surface area contributed by atoms with Gasteiger partial charge < -0.3 is 5.11 Å². The topological polar surface area (TPSA) is 49.3 Å². The van der Waals surface area contributed by atoms with Crippen molar-refractivity contribution in [2.45, 2.75) is 19.0 Å². The third kappa shape index (κ3) is 1.82. The van der Waals surface area contributed by atoms with E-state index in [9.17, 15) is 9.18 Å². The van der Waals surface area contributed by atoms with Crippen molar-refractivity contribution in [3.05, 3.63) is 34.1 Å². The van der Waals surface area contributed by atoms with Gasteiger partial charge in [0.25, 0.3) is 0 Å². The molecule has 1 aliphatic rings. The molecule has 0 aliphatic carbocycles. The molecule has 1 unspecified atom stereocenters. The van der Waals surface area contributed by atoms with E-state index in [0.717, 1.165) is 0 Å². The first-order valence-corrected chi connectivity index (χ1v) is 4.89. The van der Waals surface area contributed by atoms with Crippen molar-refractivity contribution in [1.82, 2.24) is 5.32 Å². The second-order valence-electron chi connectivity index (χ2n) is 3.46. The molecule has 2 N–H and O–H groups in total. The Bertz CT molecular complexity index is 422. The number of halogens is 2. The van der Waals surface area contributed by atoms with Crippen LogP contribution in [0.4, 0.5) is 4.39 Å². The molecule has 1 atom stereocenters. The fourth-order valence-electron chi connectivity index (χ4n) is 1.72. The van der Waals surface area contributed by atoms with Crippen molar-refractivity contribution in [3.8, 4) is 0 Å². The summed E-state index contributed by atoms with van der Waals surface area (Å²) in [4.78, 5) is 10.8. The van der Waals surface area contributed by atoms with Gasteiger partial charge in [0.1, 0.15) is 11.9 Å². The van der Waals surface area contributed by atoms with Gasteiger partial charge in [0.2, 0.25) is 0 Å². The van der Waals surface area contributed by atoms with E-state index in [1.54, 1.807) is 0 Å². The molecule has 0 amide bonds. The number of fused-ring (bicyclic) bond motifs is 1. The van der Waals surface area contributed by atoms with Crippen LogP contribution in [0.15, 0.2) is 12.1 Å². The molecule has 0 radical (unpaired) electrons. The Kier molecular flexibility index (Phi) is 2.63. The summed E-state index contributed by atoms with van der Waals surface area (Å²) in [7, 11) is 0. The zero-order valence-electron chi connectivity index (χ0n) is 7.76. The maximum Gasteiger partial charge on any atom is 0.321 e. The quantitative estimate of drug-likeness (QED) is 0.769. The van der Waals surface area contributed by atoms with Crippen LogP contribution in [0.3, 0.4) is 0 Å². The number of aliphatic carboxylic acids is 1. The largest absolute Gasteiger partial charge is 0.480 e. The Morgan fingerprint density at radius 1 is 1.53 bits per heavy atom. The standard InChI is InChI=1S/C10H9ClFNO2/c11-7-1-2-8(12)6-4-13-9(10(14)15)3-5(6)7/h1-2,9,13H,3-4H2,(H,14,15). The summed E-state index contributed by atoms with van der Waals surface area (Å²) in [5.41, 5.74) is 1.07. The summed E-state index contributed by atoms with van der Waals surface area (Å²) < 4.78 is 13.3. The highest BCUT2D eigenvalue weighted by atomic mass is 35.5. The van der Waals surface area contributed by atoms with Gasteiger partial charge in [0.05, 0.1) is 0 Å². The molecule has 1 aromatic carbocycles. The number of carboxylic acid groups (broad SMARTS) is 1. The monoisotopic (exact) mass is 229 g/mol. The summed E-state index contributed by atoms with van der Waals surface area (Å²) in [5.74, 6) is -1.29. The van der Waals surface area contributed by atoms with E-state index in [1.807, 2.05) is 0 Å². The lowest BCUT2D eigenvalue weighted by atomic mass is 9.95. The summed E-state index contributed by atoms with van der Waals surface area (Å²) in [6.45, 7) is 0.207. The molecule has 1 aromatic rings. The van der Waals surface area contributed by atoms with Crippen LogP contribution in [0.1, 0.15) is 11.1 Å². The van der Waals surface area contributed by atoms with E-state index in [4.69, 9.17) is 16.7 Å². The highest BCUT2D eigenvalue weighted by Crippen LogP contribution is 2.27. The van der Waals surface area contributed by atoms with Gasteiger partial charge in [0.15, 0.2) is 0 Å². The first kappa shape index (κ1) is 10.4. The predicted octanol–water partition coefficient (Wildman–Crippen LogP) is 1.58. The van der Waals surface area contributed by atoms with E-state index in [1.165, 1.54) is 12.1 Å². The molecule has 0 bridgehead atoms. The number of benzene rings is 1. The van der Waals surface area contributed by atoms with Gasteiger partial charge >= 0.3 is 5.97 Å². The Morgan fingerprint density at radius 2 is 2.27 bits per heavy atom. The Morgan fingerprint density at radius 3 is 2.93 bits per heavy atom. The maximum absolute atomic E-state index is 13.3. The molecule has 3 nitrogen and oxygen atoms in total. The fourth-order valence-corrected chi connectivity index (χ4v) is 1.98. The number of nitrogens with one attached hydrogen (secondary N) is 1. The number of hydrogen-bond acceptors (Lipinski definition) is 2. The summed E-state index contributed by atoms with van der Waals surface area (Å²) in [5, 5.41) is 12.0. The molecule has 0 fully saturated rings. The molecule has 15 heavy (non-hydrogen) atoms. The van der Waals surface area contributed by atoms with Gasteiger partial charge in [-0.15, -0.1) is 0 Å². The number of carbonyl (C=O) groups is 1. The minimum atomic E-state index is -0.944. The van der Waals surface area contributed by atoms with Crippen LogP contribution < -0.4 is 5.32 Å².